The Bertz CT molecular complexity index is 1420. The van der Waals surface area contributed by atoms with Crippen LogP contribution >= 0.6 is 0 Å². The molecule has 35 heavy (non-hydrogen) atoms. The Morgan fingerprint density at radius 2 is 1.57 bits per heavy atom. The smallest absolute Gasteiger partial charge is 0.267 e. The highest BCUT2D eigenvalue weighted by molar-refractivity contribution is 5.94. The fraction of sp³-hybridized carbons (Fsp3) is 0.0769. The van der Waals surface area contributed by atoms with Crippen LogP contribution in [0, 0.1) is 5.82 Å². The number of fused-ring (bicyclic) bond motifs is 1. The normalized spacial score (nSPS) is 14.4. The van der Waals surface area contributed by atoms with E-state index in [1.54, 1.807) is 29.2 Å². The van der Waals surface area contributed by atoms with Crippen molar-refractivity contribution in [1.29, 1.82) is 0 Å². The molecule has 2 heterocycles. The van der Waals surface area contributed by atoms with Gasteiger partial charge in [0.15, 0.2) is 5.82 Å². The first-order valence-electron chi connectivity index (χ1n) is 10.8. The minimum absolute atomic E-state index is 0.00393. The second kappa shape index (κ2) is 8.86. The third-order valence-corrected chi connectivity index (χ3v) is 5.68. The number of nitrogens with two attached hydrogens (primary N) is 2. The van der Waals surface area contributed by atoms with Crippen LogP contribution in [-0.2, 0) is 11.2 Å². The van der Waals surface area contributed by atoms with Gasteiger partial charge in [-0.1, -0.05) is 18.2 Å². The number of benzene rings is 3. The third-order valence-electron chi connectivity index (χ3n) is 5.68. The molecule has 3 aromatic carbocycles. The summed E-state index contributed by atoms with van der Waals surface area (Å²) in [6, 6.07) is 20.9. The molecule has 1 aromatic heterocycles. The maximum absolute atomic E-state index is 13.1. The van der Waals surface area contributed by atoms with Crippen LogP contribution in [0.15, 0.2) is 78.9 Å². The summed E-state index contributed by atoms with van der Waals surface area (Å²) in [5.41, 5.74) is 13.6. The molecule has 5 rings (SSSR count). The molecule has 0 spiro atoms. The number of carbonyl (C=O) groups is 2. The Labute approximate surface area is 200 Å². The Morgan fingerprint density at radius 3 is 2.23 bits per heavy atom. The Balaban J connectivity index is 1.52. The molecule has 0 fully saturated rings. The summed E-state index contributed by atoms with van der Waals surface area (Å²) in [6.45, 7) is 0. The molecule has 9 heteroatoms. The summed E-state index contributed by atoms with van der Waals surface area (Å²) in [7, 11) is 0. The van der Waals surface area contributed by atoms with Crippen molar-refractivity contribution >= 4 is 23.3 Å². The van der Waals surface area contributed by atoms with Gasteiger partial charge in [-0.15, -0.1) is 0 Å². The fourth-order valence-corrected chi connectivity index (χ4v) is 4.02. The molecule has 1 aliphatic heterocycles. The van der Waals surface area contributed by atoms with Crippen molar-refractivity contribution in [1.82, 2.24) is 9.97 Å². The Morgan fingerprint density at radius 1 is 0.914 bits per heavy atom. The van der Waals surface area contributed by atoms with Crippen LogP contribution in [0.25, 0.3) is 11.4 Å². The molecule has 0 saturated heterocycles. The van der Waals surface area contributed by atoms with E-state index in [2.05, 4.69) is 9.97 Å². The summed E-state index contributed by atoms with van der Waals surface area (Å²) in [5, 5.41) is 0. The molecular formula is C26H20FN5O3. The number of nitrogens with zero attached hydrogens (tertiary/aromatic N) is 3. The first-order chi connectivity index (χ1) is 16.9. The van der Waals surface area contributed by atoms with Crippen LogP contribution in [0.1, 0.15) is 16.1 Å². The van der Waals surface area contributed by atoms with Gasteiger partial charge in [-0.05, 0) is 60.2 Å². The van der Waals surface area contributed by atoms with Crippen LogP contribution in [0.3, 0.4) is 0 Å². The predicted octanol–water partition coefficient (Wildman–Crippen LogP) is 3.72. The van der Waals surface area contributed by atoms with Crippen LogP contribution in [0.4, 0.5) is 15.9 Å². The van der Waals surface area contributed by atoms with E-state index in [4.69, 9.17) is 16.2 Å². The molecule has 1 aliphatic rings. The molecule has 8 nitrogen and oxygen atoms in total. The highest BCUT2D eigenvalue weighted by Gasteiger charge is 2.35. The van der Waals surface area contributed by atoms with E-state index in [0.29, 0.717) is 29.3 Å². The van der Waals surface area contributed by atoms with Gasteiger partial charge in [0.25, 0.3) is 5.91 Å². The van der Waals surface area contributed by atoms with Gasteiger partial charge in [0.05, 0.1) is 0 Å². The minimum atomic E-state index is -0.728. The molecule has 1 unspecified atom stereocenters. The molecule has 0 bridgehead atoms. The van der Waals surface area contributed by atoms with Gasteiger partial charge in [0, 0.05) is 23.7 Å². The molecule has 2 amide bonds. The minimum Gasteiger partial charge on any atom is -0.457 e. The third kappa shape index (κ3) is 4.39. The van der Waals surface area contributed by atoms with Crippen LogP contribution in [0.5, 0.6) is 11.5 Å². The molecule has 4 N–H and O–H groups in total. The van der Waals surface area contributed by atoms with E-state index in [9.17, 15) is 14.0 Å². The van der Waals surface area contributed by atoms with Crippen molar-refractivity contribution in [2.45, 2.75) is 12.5 Å². The molecule has 0 aliphatic carbocycles. The van der Waals surface area contributed by atoms with Crippen LogP contribution in [-0.4, -0.2) is 27.8 Å². The lowest BCUT2D eigenvalue weighted by Gasteiger charge is -2.25. The van der Waals surface area contributed by atoms with Gasteiger partial charge in [-0.25, -0.2) is 14.4 Å². The summed E-state index contributed by atoms with van der Waals surface area (Å²) < 4.78 is 18.8. The Hall–Kier alpha value is -4.79. The van der Waals surface area contributed by atoms with Gasteiger partial charge in [0.2, 0.25) is 5.91 Å². The molecule has 4 aromatic rings. The van der Waals surface area contributed by atoms with Crippen LogP contribution < -0.4 is 21.1 Å². The predicted molar refractivity (Wildman–Crippen MR) is 128 cm³/mol. The monoisotopic (exact) mass is 469 g/mol. The summed E-state index contributed by atoms with van der Waals surface area (Å²) in [5.74, 6) is 0.00154. The number of ether oxygens (including phenoxy) is 1. The van der Waals surface area contributed by atoms with Crippen molar-refractivity contribution in [3.05, 3.63) is 95.9 Å². The first kappa shape index (κ1) is 22.0. The highest BCUT2D eigenvalue weighted by Crippen LogP contribution is 2.38. The topological polar surface area (TPSA) is 124 Å². The van der Waals surface area contributed by atoms with Gasteiger partial charge in [-0.3, -0.25) is 9.59 Å². The highest BCUT2D eigenvalue weighted by atomic mass is 19.1. The number of rotatable bonds is 6. The summed E-state index contributed by atoms with van der Waals surface area (Å²) in [4.78, 5) is 35.0. The number of amides is 2. The number of para-hydroxylation sites is 1. The number of hydrogen-bond acceptors (Lipinski definition) is 6. The van der Waals surface area contributed by atoms with Crippen LogP contribution in [0.2, 0.25) is 0 Å². The molecule has 0 radical (unpaired) electrons. The van der Waals surface area contributed by atoms with E-state index in [-0.39, 0.29) is 17.3 Å². The zero-order valence-electron chi connectivity index (χ0n) is 18.4. The van der Waals surface area contributed by atoms with Gasteiger partial charge in [-0.2, -0.15) is 0 Å². The average molecular weight is 469 g/mol. The number of primary amides is 2. The van der Waals surface area contributed by atoms with Gasteiger partial charge >= 0.3 is 0 Å². The standard InChI is InChI=1S/C26H20FN5O3/c27-17-7-11-19(12-8-17)35-18-9-5-15(6-10-18)26-30-20(24(28)33)14-23(31-26)32-21-4-2-1-3-16(21)13-22(32)25(29)34/h1-12,14,22H,13H2,(H2,28,33)(H2,29,34). The van der Waals surface area contributed by atoms with Gasteiger partial charge in [0.1, 0.15) is 34.9 Å². The van der Waals surface area contributed by atoms with Crippen molar-refractivity contribution in [2.24, 2.45) is 11.5 Å². The number of hydrogen-bond donors (Lipinski definition) is 2. The van der Waals surface area contributed by atoms with Crippen molar-refractivity contribution < 1.29 is 18.7 Å². The van der Waals surface area contributed by atoms with Gasteiger partial charge < -0.3 is 21.1 Å². The largest absolute Gasteiger partial charge is 0.457 e. The maximum atomic E-state index is 13.1. The lowest BCUT2D eigenvalue weighted by Crippen LogP contribution is -2.40. The second-order valence-electron chi connectivity index (χ2n) is 8.00. The SMILES string of the molecule is NC(=O)c1cc(N2c3ccccc3CC2C(N)=O)nc(-c2ccc(Oc3ccc(F)cc3)cc2)n1. The van der Waals surface area contributed by atoms with E-state index in [1.807, 2.05) is 24.3 Å². The summed E-state index contributed by atoms with van der Waals surface area (Å²) in [6.07, 6.45) is 0.423. The quantitative estimate of drug-likeness (QED) is 0.443. The van der Waals surface area contributed by atoms with E-state index in [1.165, 1.54) is 30.3 Å². The number of carbonyl (C=O) groups excluding carboxylic acids is 2. The summed E-state index contributed by atoms with van der Waals surface area (Å²) >= 11 is 0. The van der Waals surface area contributed by atoms with Crippen molar-refractivity contribution in [3.63, 3.8) is 0 Å². The molecule has 174 valence electrons. The fourth-order valence-electron chi connectivity index (χ4n) is 4.02. The molecular weight excluding hydrogens is 449 g/mol. The van der Waals surface area contributed by atoms with E-state index in [0.717, 1.165) is 11.3 Å². The van der Waals surface area contributed by atoms with Crippen molar-refractivity contribution in [2.75, 3.05) is 4.90 Å². The molecule has 0 saturated carbocycles. The zero-order valence-corrected chi connectivity index (χ0v) is 18.4. The first-order valence-corrected chi connectivity index (χ1v) is 10.8. The number of halogens is 1. The average Bonchev–Trinajstić information content (AvgIpc) is 3.26. The van der Waals surface area contributed by atoms with Crippen molar-refractivity contribution in [3.8, 4) is 22.9 Å². The van der Waals surface area contributed by atoms with E-state index < -0.39 is 17.9 Å². The number of anilines is 2. The zero-order chi connectivity index (χ0) is 24.5. The Kier molecular flexibility index (Phi) is 5.58. The lowest BCUT2D eigenvalue weighted by molar-refractivity contribution is -0.119. The maximum Gasteiger partial charge on any atom is 0.267 e. The van der Waals surface area contributed by atoms with E-state index >= 15 is 0 Å². The lowest BCUT2D eigenvalue weighted by atomic mass is 10.1. The number of aromatic nitrogens is 2. The second-order valence-corrected chi connectivity index (χ2v) is 8.00. The molecule has 1 atom stereocenters.